The molecule has 2 aromatic rings. The Bertz CT molecular complexity index is 565. The minimum absolute atomic E-state index is 0.268. The van der Waals surface area contributed by atoms with Crippen LogP contribution in [0.25, 0.3) is 0 Å². The van der Waals surface area contributed by atoms with Crippen LogP contribution in [0.3, 0.4) is 0 Å². The van der Waals surface area contributed by atoms with Gasteiger partial charge in [-0.3, -0.25) is 4.68 Å². The van der Waals surface area contributed by atoms with Crippen molar-refractivity contribution in [2.24, 2.45) is 7.05 Å². The summed E-state index contributed by atoms with van der Waals surface area (Å²) in [6, 6.07) is 6.78. The number of nitrogens with one attached hydrogen (secondary N) is 1. The van der Waals surface area contributed by atoms with Gasteiger partial charge in [0.1, 0.15) is 12.2 Å². The second kappa shape index (κ2) is 6.99. The lowest BCUT2D eigenvalue weighted by Gasteiger charge is -2.19. The molecule has 1 unspecified atom stereocenters. The van der Waals surface area contributed by atoms with Gasteiger partial charge in [0, 0.05) is 24.0 Å². The molecule has 5 heteroatoms. The topological polar surface area (TPSA) is 42.7 Å². The van der Waals surface area contributed by atoms with Crippen molar-refractivity contribution in [3.8, 4) is 0 Å². The van der Waals surface area contributed by atoms with Crippen molar-refractivity contribution in [3.63, 3.8) is 0 Å². The number of halogens is 1. The van der Waals surface area contributed by atoms with Crippen LogP contribution in [0.2, 0.25) is 0 Å². The van der Waals surface area contributed by atoms with Crippen LogP contribution in [-0.4, -0.2) is 21.3 Å². The number of rotatable bonds is 6. The van der Waals surface area contributed by atoms with Gasteiger partial charge in [0.05, 0.1) is 0 Å². The number of nitrogens with zero attached hydrogens (tertiary/aromatic N) is 3. The highest BCUT2D eigenvalue weighted by Gasteiger charge is 2.15. The second-order valence-electron chi connectivity index (χ2n) is 5.02. The SMILES string of the molecule is CCCNC(Cc1ncnn1C)c1ccc(Br)c(C)c1. The second-order valence-corrected chi connectivity index (χ2v) is 5.87. The van der Waals surface area contributed by atoms with Crippen LogP contribution in [0.1, 0.15) is 36.3 Å². The lowest BCUT2D eigenvalue weighted by Crippen LogP contribution is -2.25. The smallest absolute Gasteiger partial charge is 0.138 e. The highest BCUT2D eigenvalue weighted by molar-refractivity contribution is 9.10. The van der Waals surface area contributed by atoms with Gasteiger partial charge in [0.25, 0.3) is 0 Å². The van der Waals surface area contributed by atoms with Crippen LogP contribution >= 0.6 is 15.9 Å². The summed E-state index contributed by atoms with van der Waals surface area (Å²) >= 11 is 3.56. The van der Waals surface area contributed by atoms with E-state index in [1.165, 1.54) is 11.1 Å². The van der Waals surface area contributed by atoms with Crippen molar-refractivity contribution < 1.29 is 0 Å². The van der Waals surface area contributed by atoms with E-state index in [1.807, 2.05) is 11.7 Å². The van der Waals surface area contributed by atoms with Gasteiger partial charge >= 0.3 is 0 Å². The summed E-state index contributed by atoms with van der Waals surface area (Å²) in [5.41, 5.74) is 2.55. The van der Waals surface area contributed by atoms with Crippen molar-refractivity contribution in [1.82, 2.24) is 20.1 Å². The Morgan fingerprint density at radius 2 is 2.20 bits per heavy atom. The Labute approximate surface area is 128 Å². The fourth-order valence-corrected chi connectivity index (χ4v) is 2.45. The standard InChI is InChI=1S/C15H21BrN4/c1-4-7-17-14(9-15-18-10-19-20(15)3)12-5-6-13(16)11(2)8-12/h5-6,8,10,14,17H,4,7,9H2,1-3H3. The van der Waals surface area contributed by atoms with Crippen LogP contribution in [-0.2, 0) is 13.5 Å². The first-order valence-corrected chi connectivity index (χ1v) is 7.73. The third kappa shape index (κ3) is 3.67. The largest absolute Gasteiger partial charge is 0.310 e. The average Bonchev–Trinajstić information content (AvgIpc) is 2.83. The van der Waals surface area contributed by atoms with Gasteiger partial charge in [-0.15, -0.1) is 0 Å². The number of aryl methyl sites for hydroxylation is 2. The molecule has 1 aromatic carbocycles. The summed E-state index contributed by atoms with van der Waals surface area (Å²) in [5, 5.41) is 7.75. The molecule has 1 aromatic heterocycles. The number of benzene rings is 1. The number of hydrogen-bond acceptors (Lipinski definition) is 3. The fourth-order valence-electron chi connectivity index (χ4n) is 2.20. The summed E-state index contributed by atoms with van der Waals surface area (Å²) in [5.74, 6) is 0.999. The predicted molar refractivity (Wildman–Crippen MR) is 84.6 cm³/mol. The molecule has 0 amide bonds. The average molecular weight is 337 g/mol. The fraction of sp³-hybridized carbons (Fsp3) is 0.467. The van der Waals surface area contributed by atoms with E-state index in [0.29, 0.717) is 0 Å². The van der Waals surface area contributed by atoms with Crippen molar-refractivity contribution >= 4 is 15.9 Å². The van der Waals surface area contributed by atoms with Gasteiger partial charge in [-0.2, -0.15) is 5.10 Å². The molecule has 0 bridgehead atoms. The van der Waals surface area contributed by atoms with Crippen LogP contribution < -0.4 is 5.32 Å². The molecule has 0 aliphatic carbocycles. The molecule has 0 fully saturated rings. The molecule has 2 rings (SSSR count). The molecule has 1 heterocycles. The van der Waals surface area contributed by atoms with Crippen molar-refractivity contribution in [2.75, 3.05) is 6.54 Å². The van der Waals surface area contributed by atoms with E-state index in [0.717, 1.165) is 29.7 Å². The molecule has 0 aliphatic rings. The van der Waals surface area contributed by atoms with Gasteiger partial charge in [-0.25, -0.2) is 4.98 Å². The number of hydrogen-bond donors (Lipinski definition) is 1. The summed E-state index contributed by atoms with van der Waals surface area (Å²) in [7, 11) is 1.94. The van der Waals surface area contributed by atoms with Crippen LogP contribution in [0.4, 0.5) is 0 Å². The summed E-state index contributed by atoms with van der Waals surface area (Å²) in [6.07, 6.45) is 3.57. The minimum Gasteiger partial charge on any atom is -0.310 e. The Balaban J connectivity index is 2.22. The lowest BCUT2D eigenvalue weighted by atomic mass is 10.0. The molecule has 20 heavy (non-hydrogen) atoms. The summed E-state index contributed by atoms with van der Waals surface area (Å²) in [4.78, 5) is 4.33. The minimum atomic E-state index is 0.268. The predicted octanol–water partition coefficient (Wildman–Crippen LogP) is 3.17. The first-order valence-electron chi connectivity index (χ1n) is 6.94. The van der Waals surface area contributed by atoms with Gasteiger partial charge in [0.15, 0.2) is 0 Å². The number of aromatic nitrogens is 3. The van der Waals surface area contributed by atoms with Crippen molar-refractivity contribution in [1.29, 1.82) is 0 Å². The zero-order valence-electron chi connectivity index (χ0n) is 12.2. The molecule has 0 saturated carbocycles. The molecule has 108 valence electrons. The van der Waals surface area contributed by atoms with Crippen molar-refractivity contribution in [2.45, 2.75) is 32.7 Å². The molecule has 1 atom stereocenters. The Kier molecular flexibility index (Phi) is 5.31. The van der Waals surface area contributed by atoms with Crippen LogP contribution in [0.15, 0.2) is 29.0 Å². The van der Waals surface area contributed by atoms with Crippen molar-refractivity contribution in [3.05, 3.63) is 46.0 Å². The van der Waals surface area contributed by atoms with Gasteiger partial charge < -0.3 is 5.32 Å². The van der Waals surface area contributed by atoms with Crippen LogP contribution in [0.5, 0.6) is 0 Å². The highest BCUT2D eigenvalue weighted by Crippen LogP contribution is 2.23. The molecule has 0 radical (unpaired) electrons. The maximum atomic E-state index is 4.33. The van der Waals surface area contributed by atoms with E-state index >= 15 is 0 Å². The van der Waals surface area contributed by atoms with E-state index in [2.05, 4.69) is 63.4 Å². The van der Waals surface area contributed by atoms with Gasteiger partial charge in [-0.1, -0.05) is 35.0 Å². The van der Waals surface area contributed by atoms with E-state index in [-0.39, 0.29) is 6.04 Å². The summed E-state index contributed by atoms with van der Waals surface area (Å²) < 4.78 is 2.99. The Morgan fingerprint density at radius 3 is 2.80 bits per heavy atom. The first-order chi connectivity index (χ1) is 9.61. The van der Waals surface area contributed by atoms with E-state index in [9.17, 15) is 0 Å². The third-order valence-corrected chi connectivity index (χ3v) is 4.31. The van der Waals surface area contributed by atoms with E-state index < -0.39 is 0 Å². The zero-order chi connectivity index (χ0) is 14.5. The van der Waals surface area contributed by atoms with Gasteiger partial charge in [-0.05, 0) is 37.1 Å². The first kappa shape index (κ1) is 15.2. The van der Waals surface area contributed by atoms with Gasteiger partial charge in [0.2, 0.25) is 0 Å². The third-order valence-electron chi connectivity index (χ3n) is 3.42. The normalized spacial score (nSPS) is 12.6. The zero-order valence-corrected chi connectivity index (χ0v) is 13.8. The Morgan fingerprint density at radius 1 is 1.40 bits per heavy atom. The lowest BCUT2D eigenvalue weighted by molar-refractivity contribution is 0.506. The maximum Gasteiger partial charge on any atom is 0.138 e. The molecule has 0 saturated heterocycles. The van der Waals surface area contributed by atoms with Crippen LogP contribution in [0, 0.1) is 6.92 Å². The monoisotopic (exact) mass is 336 g/mol. The molecular formula is C15H21BrN4. The Hall–Kier alpha value is -1.20. The van der Waals surface area contributed by atoms with E-state index in [4.69, 9.17) is 0 Å². The molecule has 0 aliphatic heterocycles. The molecular weight excluding hydrogens is 316 g/mol. The summed E-state index contributed by atoms with van der Waals surface area (Å²) in [6.45, 7) is 5.30. The molecule has 1 N–H and O–H groups in total. The van der Waals surface area contributed by atoms with E-state index in [1.54, 1.807) is 6.33 Å². The maximum absolute atomic E-state index is 4.33. The quantitative estimate of drug-likeness (QED) is 0.880. The molecule has 4 nitrogen and oxygen atoms in total. The molecule has 0 spiro atoms. The highest BCUT2D eigenvalue weighted by atomic mass is 79.9.